The molecule has 0 saturated carbocycles. The van der Waals surface area contributed by atoms with E-state index in [0.29, 0.717) is 17.2 Å². The summed E-state index contributed by atoms with van der Waals surface area (Å²) in [7, 11) is 0. The van der Waals surface area contributed by atoms with Crippen LogP contribution in [0.5, 0.6) is 0 Å². The Kier molecular flexibility index (Phi) is 6.63. The highest BCUT2D eigenvalue weighted by Gasteiger charge is 2.19. The summed E-state index contributed by atoms with van der Waals surface area (Å²) in [6, 6.07) is 5.55. The molecule has 0 aliphatic carbocycles. The molecule has 0 atom stereocenters. The third-order valence-electron chi connectivity index (χ3n) is 6.91. The smallest absolute Gasteiger partial charge is 0.248 e. The van der Waals surface area contributed by atoms with Gasteiger partial charge in [0, 0.05) is 29.6 Å². The summed E-state index contributed by atoms with van der Waals surface area (Å²) < 4.78 is 3.85. The molecule has 1 aliphatic rings. The summed E-state index contributed by atoms with van der Waals surface area (Å²) >= 11 is 0. The average molecular weight is 476 g/mol. The molecule has 10 heteroatoms. The van der Waals surface area contributed by atoms with Gasteiger partial charge in [-0.25, -0.2) is 4.98 Å². The molecule has 0 unspecified atom stereocenters. The number of rotatable bonds is 9. The van der Waals surface area contributed by atoms with Gasteiger partial charge in [-0.3, -0.25) is 19.3 Å². The lowest BCUT2D eigenvalue weighted by molar-refractivity contribution is 0.100. The molecule has 35 heavy (non-hydrogen) atoms. The van der Waals surface area contributed by atoms with Gasteiger partial charge in [-0.05, 0) is 70.3 Å². The van der Waals surface area contributed by atoms with E-state index in [4.69, 9.17) is 10.7 Å². The second kappa shape index (κ2) is 9.99. The first-order valence-electron chi connectivity index (χ1n) is 12.5. The molecule has 0 radical (unpaired) electrons. The number of aromatic amines is 1. The zero-order chi connectivity index (χ0) is 24.4. The van der Waals surface area contributed by atoms with E-state index >= 15 is 0 Å². The maximum atomic E-state index is 12.1. The van der Waals surface area contributed by atoms with Crippen LogP contribution < -0.4 is 11.1 Å². The number of H-pyrrole nitrogens is 1. The van der Waals surface area contributed by atoms with Crippen LogP contribution in [0.1, 0.15) is 55.1 Å². The minimum atomic E-state index is -0.484. The van der Waals surface area contributed by atoms with E-state index in [1.54, 1.807) is 6.07 Å². The van der Waals surface area contributed by atoms with Gasteiger partial charge < -0.3 is 11.1 Å². The Hall–Kier alpha value is -3.53. The Morgan fingerprint density at radius 1 is 1.17 bits per heavy atom. The topological polar surface area (TPSA) is 132 Å². The maximum Gasteiger partial charge on any atom is 0.248 e. The number of primary amides is 1. The van der Waals surface area contributed by atoms with Crippen molar-refractivity contribution in [3.63, 3.8) is 0 Å². The van der Waals surface area contributed by atoms with Crippen molar-refractivity contribution in [2.75, 3.05) is 13.1 Å². The fraction of sp³-hybridized carbons (Fsp3) is 0.480. The third kappa shape index (κ3) is 4.84. The Morgan fingerprint density at radius 3 is 2.77 bits per heavy atom. The lowest BCUT2D eigenvalue weighted by Gasteiger charge is -2.22. The molecule has 184 valence electrons. The first-order valence-corrected chi connectivity index (χ1v) is 12.5. The van der Waals surface area contributed by atoms with Crippen LogP contribution in [-0.2, 0) is 13.1 Å². The fourth-order valence-corrected chi connectivity index (χ4v) is 5.02. The van der Waals surface area contributed by atoms with Crippen molar-refractivity contribution in [3.8, 4) is 22.9 Å². The number of unbranched alkanes of at least 4 members (excludes halogenated alkanes) is 1. The summed E-state index contributed by atoms with van der Waals surface area (Å²) in [6.07, 6.45) is 7.84. The molecule has 1 aromatic carbocycles. The van der Waals surface area contributed by atoms with Crippen molar-refractivity contribution in [1.29, 1.82) is 0 Å². The molecule has 4 aromatic rings. The van der Waals surface area contributed by atoms with Gasteiger partial charge in [0.2, 0.25) is 5.91 Å². The van der Waals surface area contributed by atoms with Crippen LogP contribution in [-0.4, -0.2) is 53.7 Å². The van der Waals surface area contributed by atoms with Gasteiger partial charge in [0.1, 0.15) is 5.69 Å². The van der Waals surface area contributed by atoms with E-state index in [1.165, 1.54) is 25.7 Å². The number of nitrogens with zero attached hydrogens (tertiary/aromatic N) is 6. The van der Waals surface area contributed by atoms with Gasteiger partial charge in [-0.1, -0.05) is 12.8 Å². The summed E-state index contributed by atoms with van der Waals surface area (Å²) in [5, 5.41) is 21.0. The van der Waals surface area contributed by atoms with Crippen molar-refractivity contribution < 1.29 is 4.79 Å². The van der Waals surface area contributed by atoms with Crippen molar-refractivity contribution in [3.05, 3.63) is 35.7 Å². The average Bonchev–Trinajstić information content (AvgIpc) is 3.60. The van der Waals surface area contributed by atoms with E-state index < -0.39 is 5.91 Å². The van der Waals surface area contributed by atoms with E-state index in [1.807, 2.05) is 41.5 Å². The van der Waals surface area contributed by atoms with Gasteiger partial charge >= 0.3 is 0 Å². The van der Waals surface area contributed by atoms with Crippen molar-refractivity contribution in [2.24, 2.45) is 11.7 Å². The Bertz CT molecular complexity index is 1330. The van der Waals surface area contributed by atoms with Crippen LogP contribution in [0.3, 0.4) is 0 Å². The number of nitrogens with two attached hydrogens (primary N) is 1. The number of piperidine rings is 1. The Labute approximate surface area is 204 Å². The number of hydrogen-bond donors (Lipinski definition) is 3. The van der Waals surface area contributed by atoms with Crippen molar-refractivity contribution >= 4 is 16.8 Å². The molecule has 1 amide bonds. The second-order valence-corrected chi connectivity index (χ2v) is 9.37. The summed E-state index contributed by atoms with van der Waals surface area (Å²) in [6.45, 7) is 7.78. The lowest BCUT2D eigenvalue weighted by atomic mass is 9.92. The van der Waals surface area contributed by atoms with Crippen LogP contribution in [0.2, 0.25) is 0 Å². The summed E-state index contributed by atoms with van der Waals surface area (Å²) in [4.78, 5) is 16.9. The number of benzene rings is 1. The van der Waals surface area contributed by atoms with E-state index in [2.05, 4.69) is 25.7 Å². The Balaban J connectivity index is 1.41. The molecule has 4 heterocycles. The number of fused-ring (bicyclic) bond motifs is 1. The molecule has 10 nitrogen and oxygen atoms in total. The first kappa shape index (κ1) is 23.2. The zero-order valence-electron chi connectivity index (χ0n) is 20.4. The highest BCUT2D eigenvalue weighted by Crippen LogP contribution is 2.30. The van der Waals surface area contributed by atoms with Crippen LogP contribution >= 0.6 is 0 Å². The predicted octanol–water partition coefficient (Wildman–Crippen LogP) is 3.28. The molecular weight excluding hydrogens is 442 g/mol. The van der Waals surface area contributed by atoms with Gasteiger partial charge in [0.25, 0.3) is 0 Å². The highest BCUT2D eigenvalue weighted by atomic mass is 16.1. The largest absolute Gasteiger partial charge is 0.366 e. The van der Waals surface area contributed by atoms with E-state index in [0.717, 1.165) is 66.4 Å². The van der Waals surface area contributed by atoms with E-state index in [9.17, 15) is 4.79 Å². The predicted molar refractivity (Wildman–Crippen MR) is 135 cm³/mol. The maximum absolute atomic E-state index is 12.1. The van der Waals surface area contributed by atoms with Crippen LogP contribution in [0.4, 0.5) is 0 Å². The highest BCUT2D eigenvalue weighted by molar-refractivity contribution is 6.02. The minimum Gasteiger partial charge on any atom is -0.366 e. The molecule has 1 saturated heterocycles. The molecule has 0 spiro atoms. The lowest BCUT2D eigenvalue weighted by Crippen LogP contribution is -2.27. The summed E-state index contributed by atoms with van der Waals surface area (Å²) in [5.74, 6) is 1.47. The Morgan fingerprint density at radius 2 is 2.00 bits per heavy atom. The van der Waals surface area contributed by atoms with Crippen molar-refractivity contribution in [2.45, 2.75) is 59.0 Å². The summed E-state index contributed by atoms with van der Waals surface area (Å²) in [5.41, 5.74) is 9.50. The quantitative estimate of drug-likeness (QED) is 0.318. The molecule has 1 fully saturated rings. The van der Waals surface area contributed by atoms with Gasteiger partial charge in [-0.2, -0.15) is 15.3 Å². The normalized spacial score (nSPS) is 14.7. The molecular formula is C25H33N9O. The minimum absolute atomic E-state index is 0.421. The monoisotopic (exact) mass is 475 g/mol. The first-order chi connectivity index (χ1) is 17.0. The van der Waals surface area contributed by atoms with Crippen molar-refractivity contribution in [1.82, 2.24) is 40.1 Å². The number of nitrogens with one attached hydrogen (secondary N) is 2. The SMILES string of the molecule is CCn1nc(C)cc1-c1nc(-c2cc(C(N)=O)cc3c2cnn3CCCCC2CCNCC2)n[nH]1. The second-order valence-electron chi connectivity index (χ2n) is 9.37. The standard InChI is InChI=1S/C25H33N9O/c1-3-33-22(12-16(2)32-33)25-29-24(30-31-25)19-13-18(23(26)35)14-21-20(19)15-28-34(21)11-5-4-6-17-7-9-27-10-8-17/h12-15,17,27H,3-11H2,1-2H3,(H2,26,35)(H,29,30,31). The molecule has 5 rings (SSSR count). The van der Waals surface area contributed by atoms with Crippen LogP contribution in [0.15, 0.2) is 24.4 Å². The van der Waals surface area contributed by atoms with Gasteiger partial charge in [0.05, 0.1) is 17.4 Å². The number of carbonyl (C=O) groups is 1. The zero-order valence-corrected chi connectivity index (χ0v) is 20.4. The fourth-order valence-electron chi connectivity index (χ4n) is 5.02. The number of carbonyl (C=O) groups excluding carboxylic acids is 1. The van der Waals surface area contributed by atoms with Crippen LogP contribution in [0, 0.1) is 12.8 Å². The number of hydrogen-bond acceptors (Lipinski definition) is 6. The molecule has 1 aliphatic heterocycles. The van der Waals surface area contributed by atoms with Gasteiger partial charge in [0.15, 0.2) is 11.6 Å². The van der Waals surface area contributed by atoms with Crippen LogP contribution in [0.25, 0.3) is 33.8 Å². The third-order valence-corrected chi connectivity index (χ3v) is 6.91. The molecule has 0 bridgehead atoms. The number of aromatic nitrogens is 7. The number of amides is 1. The van der Waals surface area contributed by atoms with Gasteiger partial charge in [-0.15, -0.1) is 0 Å². The molecule has 4 N–H and O–H groups in total. The molecule has 3 aromatic heterocycles. The number of aryl methyl sites for hydroxylation is 3. The van der Waals surface area contributed by atoms with E-state index in [-0.39, 0.29) is 0 Å².